The number of ether oxygens (including phenoxy) is 1. The number of amides is 1. The first kappa shape index (κ1) is 16.9. The third kappa shape index (κ3) is 4.02. The molecular formula is C19H27N3O3. The van der Waals surface area contributed by atoms with Gasteiger partial charge < -0.3 is 4.74 Å². The summed E-state index contributed by atoms with van der Waals surface area (Å²) in [6, 6.07) is 4.11. The minimum atomic E-state index is 0.125. The van der Waals surface area contributed by atoms with Gasteiger partial charge in [-0.1, -0.05) is 6.07 Å². The molecule has 3 fully saturated rings. The molecule has 0 aromatic carbocycles. The quantitative estimate of drug-likeness (QED) is 0.832. The van der Waals surface area contributed by atoms with E-state index in [2.05, 4.69) is 16.0 Å². The number of rotatable bonds is 4. The lowest BCUT2D eigenvalue weighted by Gasteiger charge is -2.34. The minimum absolute atomic E-state index is 0.125. The summed E-state index contributed by atoms with van der Waals surface area (Å²) in [5.74, 6) is 1.50. The van der Waals surface area contributed by atoms with Gasteiger partial charge in [0.2, 0.25) is 5.91 Å². The largest absolute Gasteiger partial charge is 0.381 e. The van der Waals surface area contributed by atoms with Crippen molar-refractivity contribution >= 4 is 5.91 Å². The van der Waals surface area contributed by atoms with Crippen LogP contribution in [0.4, 0.5) is 0 Å². The maximum absolute atomic E-state index is 12.6. The molecule has 3 aliphatic heterocycles. The number of pyridine rings is 1. The second kappa shape index (κ2) is 7.81. The fourth-order valence-corrected chi connectivity index (χ4v) is 4.40. The predicted octanol–water partition coefficient (Wildman–Crippen LogP) is 1.72. The molecule has 6 heteroatoms. The first-order chi connectivity index (χ1) is 12.3. The van der Waals surface area contributed by atoms with Gasteiger partial charge >= 0.3 is 0 Å². The maximum Gasteiger partial charge on any atom is 0.246 e. The molecule has 0 radical (unpaired) electrons. The van der Waals surface area contributed by atoms with Gasteiger partial charge in [0, 0.05) is 45.0 Å². The van der Waals surface area contributed by atoms with E-state index >= 15 is 0 Å². The number of fused-ring (bicyclic) bond motifs is 1. The van der Waals surface area contributed by atoms with Gasteiger partial charge in [0.15, 0.2) is 0 Å². The van der Waals surface area contributed by atoms with E-state index in [9.17, 15) is 4.79 Å². The first-order valence-corrected chi connectivity index (χ1v) is 9.42. The molecule has 3 saturated heterocycles. The summed E-state index contributed by atoms with van der Waals surface area (Å²) in [4.78, 5) is 24.8. The van der Waals surface area contributed by atoms with Crippen molar-refractivity contribution in [1.29, 1.82) is 0 Å². The van der Waals surface area contributed by atoms with Gasteiger partial charge in [0.25, 0.3) is 0 Å². The molecule has 0 N–H and O–H groups in total. The SMILES string of the molecule is O=C(C[C@@H]1COC[C@H]2CN(Cc3cccnc3)C[C@@H]12)N1CCCCO1. The number of carbonyl (C=O) groups excluding carboxylic acids is 1. The fourth-order valence-electron chi connectivity index (χ4n) is 4.40. The van der Waals surface area contributed by atoms with E-state index in [-0.39, 0.29) is 5.91 Å². The van der Waals surface area contributed by atoms with Crippen molar-refractivity contribution in [3.63, 3.8) is 0 Å². The number of hydrogen-bond acceptors (Lipinski definition) is 5. The molecule has 136 valence electrons. The number of nitrogens with zero attached hydrogens (tertiary/aromatic N) is 3. The van der Waals surface area contributed by atoms with E-state index in [1.54, 1.807) is 5.06 Å². The summed E-state index contributed by atoms with van der Waals surface area (Å²) in [6.07, 6.45) is 6.38. The summed E-state index contributed by atoms with van der Waals surface area (Å²) in [5, 5.41) is 1.58. The van der Waals surface area contributed by atoms with Crippen molar-refractivity contribution < 1.29 is 14.4 Å². The molecule has 0 bridgehead atoms. The number of hydrogen-bond donors (Lipinski definition) is 0. The Hall–Kier alpha value is -1.50. The van der Waals surface area contributed by atoms with Gasteiger partial charge in [-0.15, -0.1) is 0 Å². The van der Waals surface area contributed by atoms with E-state index in [4.69, 9.17) is 9.57 Å². The summed E-state index contributed by atoms with van der Waals surface area (Å²) in [7, 11) is 0. The fraction of sp³-hybridized carbons (Fsp3) is 0.684. The van der Waals surface area contributed by atoms with Gasteiger partial charge in [-0.3, -0.25) is 19.5 Å². The summed E-state index contributed by atoms with van der Waals surface area (Å²) >= 11 is 0. The smallest absolute Gasteiger partial charge is 0.246 e. The Labute approximate surface area is 149 Å². The van der Waals surface area contributed by atoms with Crippen LogP contribution in [0.2, 0.25) is 0 Å². The van der Waals surface area contributed by atoms with Crippen LogP contribution in [0.15, 0.2) is 24.5 Å². The molecule has 3 atom stereocenters. The van der Waals surface area contributed by atoms with Crippen LogP contribution < -0.4 is 0 Å². The molecular weight excluding hydrogens is 318 g/mol. The van der Waals surface area contributed by atoms with Crippen molar-refractivity contribution in [3.05, 3.63) is 30.1 Å². The van der Waals surface area contributed by atoms with Crippen LogP contribution in [-0.4, -0.2) is 60.3 Å². The lowest BCUT2D eigenvalue weighted by Crippen LogP contribution is -2.41. The van der Waals surface area contributed by atoms with E-state index < -0.39 is 0 Å². The Balaban J connectivity index is 1.35. The Morgan fingerprint density at radius 2 is 2.24 bits per heavy atom. The lowest BCUT2D eigenvalue weighted by molar-refractivity contribution is -0.199. The van der Waals surface area contributed by atoms with Crippen molar-refractivity contribution in [1.82, 2.24) is 14.9 Å². The summed E-state index contributed by atoms with van der Waals surface area (Å²) < 4.78 is 5.83. The highest BCUT2D eigenvalue weighted by Gasteiger charge is 2.42. The van der Waals surface area contributed by atoms with Gasteiger partial charge in [0.05, 0.1) is 19.8 Å². The number of carbonyl (C=O) groups is 1. The number of likely N-dealkylation sites (tertiary alicyclic amines) is 1. The zero-order chi connectivity index (χ0) is 17.1. The standard InChI is InChI=1S/C19H27N3O3/c23-19(22-6-1-2-7-25-22)8-16-13-24-14-17-11-21(12-18(16)17)10-15-4-3-5-20-9-15/h3-5,9,16-18H,1-2,6-8,10-14H2/t16-,17-,18+/m1/s1. The molecule has 1 aromatic heterocycles. The Bertz CT molecular complexity index is 577. The molecule has 1 aromatic rings. The zero-order valence-corrected chi connectivity index (χ0v) is 14.7. The highest BCUT2D eigenvalue weighted by atomic mass is 16.7. The second-order valence-corrected chi connectivity index (χ2v) is 7.52. The highest BCUT2D eigenvalue weighted by Crippen LogP contribution is 2.36. The molecule has 4 heterocycles. The number of aromatic nitrogens is 1. The van der Waals surface area contributed by atoms with Crippen molar-refractivity contribution in [3.8, 4) is 0 Å². The molecule has 0 aliphatic carbocycles. The highest BCUT2D eigenvalue weighted by molar-refractivity contribution is 5.75. The van der Waals surface area contributed by atoms with Gasteiger partial charge in [-0.05, 0) is 42.2 Å². The maximum atomic E-state index is 12.6. The average Bonchev–Trinajstić information content (AvgIpc) is 3.07. The molecule has 25 heavy (non-hydrogen) atoms. The van der Waals surface area contributed by atoms with Crippen molar-refractivity contribution in [2.75, 3.05) is 39.5 Å². The molecule has 3 aliphatic rings. The predicted molar refractivity (Wildman–Crippen MR) is 92.3 cm³/mol. The second-order valence-electron chi connectivity index (χ2n) is 7.52. The molecule has 6 nitrogen and oxygen atoms in total. The van der Waals surface area contributed by atoms with Gasteiger partial charge in [-0.25, -0.2) is 5.06 Å². The Kier molecular flexibility index (Phi) is 5.29. The van der Waals surface area contributed by atoms with Crippen molar-refractivity contribution in [2.45, 2.75) is 25.8 Å². The average molecular weight is 345 g/mol. The molecule has 0 spiro atoms. The molecule has 0 unspecified atom stereocenters. The van der Waals surface area contributed by atoms with Gasteiger partial charge in [-0.2, -0.15) is 0 Å². The normalized spacial score (nSPS) is 30.2. The third-order valence-electron chi connectivity index (χ3n) is 5.68. The van der Waals surface area contributed by atoms with Crippen LogP contribution in [0.3, 0.4) is 0 Å². The lowest BCUT2D eigenvalue weighted by atomic mass is 9.81. The van der Waals surface area contributed by atoms with Crippen LogP contribution in [0.25, 0.3) is 0 Å². The van der Waals surface area contributed by atoms with E-state index in [0.29, 0.717) is 37.4 Å². The van der Waals surface area contributed by atoms with Crippen LogP contribution >= 0.6 is 0 Å². The zero-order valence-electron chi connectivity index (χ0n) is 14.7. The summed E-state index contributed by atoms with van der Waals surface area (Å²) in [5.41, 5.74) is 1.25. The summed E-state index contributed by atoms with van der Waals surface area (Å²) in [6.45, 7) is 5.93. The molecule has 4 rings (SSSR count). The number of hydroxylamine groups is 2. The van der Waals surface area contributed by atoms with E-state index in [0.717, 1.165) is 45.6 Å². The Morgan fingerprint density at radius 1 is 1.28 bits per heavy atom. The van der Waals surface area contributed by atoms with E-state index in [1.807, 2.05) is 18.5 Å². The van der Waals surface area contributed by atoms with Crippen LogP contribution in [-0.2, 0) is 20.9 Å². The van der Waals surface area contributed by atoms with Crippen molar-refractivity contribution in [2.24, 2.45) is 17.8 Å². The molecule has 1 amide bonds. The third-order valence-corrected chi connectivity index (χ3v) is 5.68. The van der Waals surface area contributed by atoms with Crippen LogP contribution in [0.5, 0.6) is 0 Å². The molecule has 0 saturated carbocycles. The van der Waals surface area contributed by atoms with E-state index in [1.165, 1.54) is 5.56 Å². The van der Waals surface area contributed by atoms with Crippen LogP contribution in [0.1, 0.15) is 24.8 Å². The topological polar surface area (TPSA) is 54.9 Å². The Morgan fingerprint density at radius 3 is 3.04 bits per heavy atom. The first-order valence-electron chi connectivity index (χ1n) is 9.42. The van der Waals surface area contributed by atoms with Gasteiger partial charge in [0.1, 0.15) is 0 Å². The minimum Gasteiger partial charge on any atom is -0.381 e. The van der Waals surface area contributed by atoms with Crippen LogP contribution in [0, 0.1) is 17.8 Å². The monoisotopic (exact) mass is 345 g/mol.